The third-order valence-corrected chi connectivity index (χ3v) is 5.72. The Bertz CT molecular complexity index is 833. The Labute approximate surface area is 182 Å². The van der Waals surface area contributed by atoms with Crippen LogP contribution in [0.5, 0.6) is 5.75 Å². The van der Waals surface area contributed by atoms with Gasteiger partial charge in [0.05, 0.1) is 19.4 Å². The molecule has 2 aliphatic rings. The molecule has 3 heterocycles. The fraction of sp³-hybridized carbons (Fsp3) is 0.478. The first kappa shape index (κ1) is 21.5. The van der Waals surface area contributed by atoms with E-state index in [1.54, 1.807) is 6.07 Å². The third-order valence-electron chi connectivity index (χ3n) is 5.72. The lowest BCUT2D eigenvalue weighted by Crippen LogP contribution is -2.39. The van der Waals surface area contributed by atoms with E-state index in [-0.39, 0.29) is 12.0 Å². The molecule has 2 aromatic rings. The summed E-state index contributed by atoms with van der Waals surface area (Å²) in [6.07, 6.45) is 3.73. The smallest absolute Gasteiger partial charge is 0.225 e. The molecule has 4 rings (SSSR count). The van der Waals surface area contributed by atoms with Gasteiger partial charge in [-0.25, -0.2) is 4.98 Å². The van der Waals surface area contributed by atoms with Crippen LogP contribution in [-0.2, 0) is 9.53 Å². The molecule has 2 fully saturated rings. The number of benzene rings is 1. The number of carbonyl (C=O) groups excluding carboxylic acids is 1. The monoisotopic (exact) mass is 428 g/mol. The maximum Gasteiger partial charge on any atom is 0.225 e. The molecule has 1 aromatic carbocycles. The van der Waals surface area contributed by atoms with E-state index in [1.807, 2.05) is 24.3 Å². The predicted molar refractivity (Wildman–Crippen MR) is 117 cm³/mol. The highest BCUT2D eigenvalue weighted by Gasteiger charge is 2.21. The van der Waals surface area contributed by atoms with Crippen molar-refractivity contribution in [2.45, 2.75) is 25.4 Å². The molecule has 166 valence electrons. The number of aromatic nitrogens is 1. The molecule has 1 N–H and O–H groups in total. The summed E-state index contributed by atoms with van der Waals surface area (Å²) in [6, 6.07) is 10.9. The van der Waals surface area contributed by atoms with Crippen molar-refractivity contribution in [3.63, 3.8) is 0 Å². The number of rotatable bonds is 7. The second kappa shape index (κ2) is 10.5. The molecule has 2 saturated heterocycles. The topological polar surface area (TPSA) is 66.9 Å². The first-order valence-corrected chi connectivity index (χ1v) is 10.9. The predicted octanol–water partition coefficient (Wildman–Crippen LogP) is 2.93. The molecule has 7 nitrogen and oxygen atoms in total. The molecule has 0 saturated carbocycles. The van der Waals surface area contributed by atoms with Crippen LogP contribution in [0.25, 0.3) is 0 Å². The zero-order chi connectivity index (χ0) is 21.5. The summed E-state index contributed by atoms with van der Waals surface area (Å²) in [6.45, 7) is 5.78. The average molecular weight is 429 g/mol. The Morgan fingerprint density at radius 2 is 1.84 bits per heavy atom. The minimum Gasteiger partial charge on any atom is -0.489 e. The van der Waals surface area contributed by atoms with Crippen LogP contribution in [0.1, 0.15) is 19.3 Å². The van der Waals surface area contributed by atoms with Crippen LogP contribution in [0, 0.1) is 5.95 Å². The molecule has 8 heteroatoms. The number of anilines is 2. The van der Waals surface area contributed by atoms with Crippen LogP contribution in [-0.4, -0.2) is 67.8 Å². The largest absolute Gasteiger partial charge is 0.489 e. The summed E-state index contributed by atoms with van der Waals surface area (Å²) in [4.78, 5) is 20.5. The number of hydrogen-bond donors (Lipinski definition) is 1. The molecule has 0 unspecified atom stereocenters. The molecule has 0 bridgehead atoms. The first-order valence-electron chi connectivity index (χ1n) is 10.9. The molecule has 31 heavy (non-hydrogen) atoms. The third kappa shape index (κ3) is 6.38. The Balaban J connectivity index is 1.15. The van der Waals surface area contributed by atoms with Crippen molar-refractivity contribution >= 4 is 17.3 Å². The van der Waals surface area contributed by atoms with Gasteiger partial charge in [-0.2, -0.15) is 4.39 Å². The van der Waals surface area contributed by atoms with E-state index in [9.17, 15) is 9.18 Å². The minimum atomic E-state index is -0.506. The lowest BCUT2D eigenvalue weighted by Gasteiger charge is -2.31. The van der Waals surface area contributed by atoms with E-state index in [0.717, 1.165) is 70.2 Å². The number of nitrogens with one attached hydrogen (secondary N) is 1. The SMILES string of the molecule is O=C(CCN1CCC(Oc2ccc(F)nc2)CC1)Nc1ccc(N2CCOCC2)cc1. The highest BCUT2D eigenvalue weighted by Crippen LogP contribution is 2.20. The maximum absolute atomic E-state index is 12.9. The minimum absolute atomic E-state index is 0.0230. The molecule has 0 atom stereocenters. The molecule has 2 aliphatic heterocycles. The van der Waals surface area contributed by atoms with E-state index in [1.165, 1.54) is 12.3 Å². The Morgan fingerprint density at radius 1 is 1.10 bits per heavy atom. The molecule has 1 amide bonds. The van der Waals surface area contributed by atoms with E-state index in [0.29, 0.717) is 12.2 Å². The summed E-state index contributed by atoms with van der Waals surface area (Å²) in [5.41, 5.74) is 1.98. The van der Waals surface area contributed by atoms with Crippen LogP contribution in [0.15, 0.2) is 42.6 Å². The maximum atomic E-state index is 12.9. The molecule has 0 aliphatic carbocycles. The van der Waals surface area contributed by atoms with E-state index < -0.39 is 5.95 Å². The van der Waals surface area contributed by atoms with E-state index in [4.69, 9.17) is 9.47 Å². The summed E-state index contributed by atoms with van der Waals surface area (Å²) in [7, 11) is 0. The average Bonchev–Trinajstić information content (AvgIpc) is 2.81. The molecule has 0 radical (unpaired) electrons. The van der Waals surface area contributed by atoms with Gasteiger partial charge < -0.3 is 24.6 Å². The number of morpholine rings is 1. The van der Waals surface area contributed by atoms with E-state index in [2.05, 4.69) is 20.1 Å². The van der Waals surface area contributed by atoms with Crippen LogP contribution in [0.3, 0.4) is 0 Å². The lowest BCUT2D eigenvalue weighted by atomic mass is 10.1. The summed E-state index contributed by atoms with van der Waals surface area (Å²) >= 11 is 0. The first-order chi connectivity index (χ1) is 15.2. The normalized spacial score (nSPS) is 18.0. The van der Waals surface area contributed by atoms with Crippen molar-refractivity contribution in [2.75, 3.05) is 56.2 Å². The Kier molecular flexibility index (Phi) is 7.32. The summed E-state index contributed by atoms with van der Waals surface area (Å²) in [5.74, 6) is 0.113. The van der Waals surface area contributed by atoms with Crippen molar-refractivity contribution < 1.29 is 18.7 Å². The van der Waals surface area contributed by atoms with Crippen molar-refractivity contribution in [3.05, 3.63) is 48.5 Å². The summed E-state index contributed by atoms with van der Waals surface area (Å²) < 4.78 is 24.1. The molecular weight excluding hydrogens is 399 g/mol. The Hall–Kier alpha value is -2.71. The number of ether oxygens (including phenoxy) is 2. The van der Waals surface area contributed by atoms with Crippen molar-refractivity contribution in [3.8, 4) is 5.75 Å². The highest BCUT2D eigenvalue weighted by atomic mass is 19.1. The van der Waals surface area contributed by atoms with Crippen LogP contribution in [0.4, 0.5) is 15.8 Å². The molecule has 1 aromatic heterocycles. The zero-order valence-corrected chi connectivity index (χ0v) is 17.6. The number of amides is 1. The van der Waals surface area contributed by atoms with E-state index >= 15 is 0 Å². The fourth-order valence-electron chi connectivity index (χ4n) is 3.94. The van der Waals surface area contributed by atoms with Gasteiger partial charge in [0.15, 0.2) is 0 Å². The van der Waals surface area contributed by atoms with Gasteiger partial charge in [0.25, 0.3) is 0 Å². The van der Waals surface area contributed by atoms with Gasteiger partial charge in [0, 0.05) is 50.5 Å². The number of piperidine rings is 1. The lowest BCUT2D eigenvalue weighted by molar-refractivity contribution is -0.116. The standard InChI is InChI=1S/C23H29FN4O3/c24-22-6-5-21(17-25-22)31-20-7-10-27(11-8-20)12-9-23(29)26-18-1-3-19(4-2-18)28-13-15-30-16-14-28/h1-6,17,20H,7-16H2,(H,26,29). The quantitative estimate of drug-likeness (QED) is 0.684. The van der Waals surface area contributed by atoms with Gasteiger partial charge in [0.1, 0.15) is 11.9 Å². The van der Waals surface area contributed by atoms with Gasteiger partial charge in [-0.05, 0) is 49.2 Å². The fourth-order valence-corrected chi connectivity index (χ4v) is 3.94. The van der Waals surface area contributed by atoms with Gasteiger partial charge >= 0.3 is 0 Å². The number of halogens is 1. The number of carbonyl (C=O) groups is 1. The zero-order valence-electron chi connectivity index (χ0n) is 17.6. The molecule has 0 spiro atoms. The van der Waals surface area contributed by atoms with Gasteiger partial charge in [0.2, 0.25) is 11.9 Å². The number of pyridine rings is 1. The van der Waals surface area contributed by atoms with Crippen molar-refractivity contribution in [2.24, 2.45) is 0 Å². The second-order valence-corrected chi connectivity index (χ2v) is 7.92. The number of likely N-dealkylation sites (tertiary alicyclic amines) is 1. The van der Waals surface area contributed by atoms with Gasteiger partial charge in [-0.3, -0.25) is 4.79 Å². The number of hydrogen-bond acceptors (Lipinski definition) is 6. The van der Waals surface area contributed by atoms with Gasteiger partial charge in [-0.1, -0.05) is 0 Å². The summed E-state index contributed by atoms with van der Waals surface area (Å²) in [5, 5.41) is 2.99. The second-order valence-electron chi connectivity index (χ2n) is 7.92. The highest BCUT2D eigenvalue weighted by molar-refractivity contribution is 5.91. The van der Waals surface area contributed by atoms with Crippen molar-refractivity contribution in [1.82, 2.24) is 9.88 Å². The van der Waals surface area contributed by atoms with Gasteiger partial charge in [-0.15, -0.1) is 0 Å². The Morgan fingerprint density at radius 3 is 2.52 bits per heavy atom. The van der Waals surface area contributed by atoms with Crippen LogP contribution in [0.2, 0.25) is 0 Å². The molecular formula is C23H29FN4O3. The van der Waals surface area contributed by atoms with Crippen LogP contribution >= 0.6 is 0 Å². The van der Waals surface area contributed by atoms with Crippen molar-refractivity contribution in [1.29, 1.82) is 0 Å². The number of nitrogens with zero attached hydrogens (tertiary/aromatic N) is 3. The van der Waals surface area contributed by atoms with Crippen LogP contribution < -0.4 is 15.0 Å².